The Bertz CT molecular complexity index is 316. The van der Waals surface area contributed by atoms with Crippen molar-refractivity contribution in [1.29, 1.82) is 0 Å². The first kappa shape index (κ1) is 14.3. The third-order valence-corrected chi connectivity index (χ3v) is 2.09. The van der Waals surface area contributed by atoms with Crippen LogP contribution >= 0.6 is 0 Å². The lowest BCUT2D eigenvalue weighted by Crippen LogP contribution is -2.43. The monoisotopic (exact) mass is 240 g/mol. The topological polar surface area (TPSA) is 80.7 Å². The van der Waals surface area contributed by atoms with E-state index in [1.165, 1.54) is 0 Å². The third kappa shape index (κ3) is 9.64. The van der Waals surface area contributed by atoms with E-state index < -0.39 is 22.2 Å². The van der Waals surface area contributed by atoms with Gasteiger partial charge >= 0.3 is 5.97 Å². The number of likely N-dealkylation sites (N-methyl/N-ethyl adjacent to an activating group) is 1. The smallest absolute Gasteiger partial charge is 0.306 e. The highest BCUT2D eigenvalue weighted by molar-refractivity contribution is 7.86. The van der Waals surface area contributed by atoms with Crippen molar-refractivity contribution in [2.75, 3.05) is 33.9 Å². The van der Waals surface area contributed by atoms with Gasteiger partial charge in [-0.25, -0.2) is 0 Å². The van der Waals surface area contributed by atoms with Gasteiger partial charge in [0.1, 0.15) is 12.6 Å². The second-order valence-electron chi connectivity index (χ2n) is 4.49. The number of hydrogen-bond donors (Lipinski definition) is 1. The molecule has 0 spiro atoms. The molecule has 7 heteroatoms. The number of nitrogens with zero attached hydrogens (tertiary/aromatic N) is 1. The third-order valence-electron chi connectivity index (χ3n) is 1.46. The summed E-state index contributed by atoms with van der Waals surface area (Å²) in [6, 6.07) is 0. The molecular formula is C8H18NO5S+. The molecule has 0 amide bonds. The lowest BCUT2D eigenvalue weighted by molar-refractivity contribution is -0.873. The Balaban J connectivity index is 4.53. The fourth-order valence-corrected chi connectivity index (χ4v) is 1.81. The van der Waals surface area contributed by atoms with Crippen LogP contribution in [0.25, 0.3) is 0 Å². The van der Waals surface area contributed by atoms with E-state index >= 15 is 0 Å². The molecule has 0 aromatic heterocycles. The van der Waals surface area contributed by atoms with Gasteiger partial charge in [-0.15, -0.1) is 0 Å². The number of hydrogen-bond acceptors (Lipinski definition) is 4. The Morgan fingerprint density at radius 3 is 2.13 bits per heavy atom. The van der Waals surface area contributed by atoms with E-state index in [4.69, 9.17) is 9.29 Å². The van der Waals surface area contributed by atoms with Gasteiger partial charge < -0.3 is 9.59 Å². The molecule has 6 nitrogen and oxygen atoms in total. The first-order valence-corrected chi connectivity index (χ1v) is 6.22. The SMILES string of the molecule is C[N+](C)(C)C[C@@H](CC(=O)O)OS(C)(=O)=O. The van der Waals surface area contributed by atoms with Crippen molar-refractivity contribution in [3.8, 4) is 0 Å². The molecule has 0 aliphatic rings. The molecule has 0 unspecified atom stereocenters. The lowest BCUT2D eigenvalue weighted by atomic mass is 10.2. The van der Waals surface area contributed by atoms with Crippen molar-refractivity contribution in [1.82, 2.24) is 0 Å². The Kier molecular flexibility index (Phi) is 4.69. The highest BCUT2D eigenvalue weighted by Crippen LogP contribution is 2.07. The van der Waals surface area contributed by atoms with Crippen molar-refractivity contribution >= 4 is 16.1 Å². The molecule has 0 rings (SSSR count). The summed E-state index contributed by atoms with van der Waals surface area (Å²) >= 11 is 0. The second-order valence-corrected chi connectivity index (χ2v) is 6.09. The predicted octanol–water partition coefficient (Wildman–Crippen LogP) is -0.488. The van der Waals surface area contributed by atoms with Gasteiger partial charge in [0.15, 0.2) is 0 Å². The molecule has 0 aromatic carbocycles. The molecule has 0 saturated heterocycles. The van der Waals surface area contributed by atoms with Crippen molar-refractivity contribution in [3.05, 3.63) is 0 Å². The van der Waals surface area contributed by atoms with Crippen LogP contribution < -0.4 is 0 Å². The molecule has 0 bridgehead atoms. The molecule has 0 saturated carbocycles. The number of rotatable bonds is 6. The average molecular weight is 240 g/mol. The largest absolute Gasteiger partial charge is 0.481 e. The molecule has 1 N–H and O–H groups in total. The van der Waals surface area contributed by atoms with Gasteiger partial charge in [0.05, 0.1) is 33.8 Å². The highest BCUT2D eigenvalue weighted by Gasteiger charge is 2.25. The zero-order valence-electron chi connectivity index (χ0n) is 9.43. The predicted molar refractivity (Wildman–Crippen MR) is 54.9 cm³/mol. The normalized spacial score (nSPS) is 14.9. The Labute approximate surface area is 90.2 Å². The fraction of sp³-hybridized carbons (Fsp3) is 0.875. The van der Waals surface area contributed by atoms with Crippen LogP contribution in [0.15, 0.2) is 0 Å². The number of quaternary nitrogens is 1. The standard InChI is InChI=1S/C8H17NO5S/c1-9(2,3)6-7(5-8(10)11)14-15(4,12)13/h7H,5-6H2,1-4H3/p+1/t7-/m1/s1. The zero-order chi connectivity index (χ0) is 12.3. The van der Waals surface area contributed by atoms with E-state index in [-0.39, 0.29) is 6.42 Å². The molecule has 0 aliphatic heterocycles. The van der Waals surface area contributed by atoms with Crippen molar-refractivity contribution < 1.29 is 27.0 Å². The summed E-state index contributed by atoms with van der Waals surface area (Å²) in [7, 11) is 1.89. The minimum absolute atomic E-state index is 0.317. The first-order valence-electron chi connectivity index (χ1n) is 4.40. The van der Waals surface area contributed by atoms with Gasteiger partial charge in [-0.05, 0) is 0 Å². The second kappa shape index (κ2) is 4.91. The molecule has 90 valence electrons. The van der Waals surface area contributed by atoms with Crippen LogP contribution in [0.4, 0.5) is 0 Å². The minimum Gasteiger partial charge on any atom is -0.481 e. The van der Waals surface area contributed by atoms with Gasteiger partial charge in [-0.1, -0.05) is 0 Å². The van der Waals surface area contributed by atoms with Gasteiger partial charge in [-0.3, -0.25) is 8.98 Å². The van der Waals surface area contributed by atoms with E-state index in [1.54, 1.807) is 0 Å². The molecule has 1 atom stereocenters. The maximum atomic E-state index is 10.9. The van der Waals surface area contributed by atoms with Crippen LogP contribution in [0.1, 0.15) is 6.42 Å². The summed E-state index contributed by atoms with van der Waals surface area (Å²) < 4.78 is 26.9. The summed E-state index contributed by atoms with van der Waals surface area (Å²) in [5, 5.41) is 8.60. The highest BCUT2D eigenvalue weighted by atomic mass is 32.2. The van der Waals surface area contributed by atoms with Crippen LogP contribution in [0.3, 0.4) is 0 Å². The maximum absolute atomic E-state index is 10.9. The number of carboxylic acid groups (broad SMARTS) is 1. The zero-order valence-corrected chi connectivity index (χ0v) is 10.2. The summed E-state index contributed by atoms with van der Waals surface area (Å²) in [5.41, 5.74) is 0. The number of aliphatic carboxylic acids is 1. The van der Waals surface area contributed by atoms with Crippen LogP contribution in [0, 0.1) is 0 Å². The summed E-state index contributed by atoms with van der Waals surface area (Å²) in [4.78, 5) is 10.5. The van der Waals surface area contributed by atoms with E-state index in [1.807, 2.05) is 21.1 Å². The summed E-state index contributed by atoms with van der Waals surface area (Å²) in [6.45, 7) is 0.319. The van der Waals surface area contributed by atoms with Crippen LogP contribution in [-0.4, -0.2) is 64.0 Å². The minimum atomic E-state index is -3.61. The average Bonchev–Trinajstić information content (AvgIpc) is 1.73. The maximum Gasteiger partial charge on any atom is 0.306 e. The molecule has 0 aromatic rings. The fourth-order valence-electron chi connectivity index (χ4n) is 1.18. The van der Waals surface area contributed by atoms with Gasteiger partial charge in [0.25, 0.3) is 10.1 Å². The summed E-state index contributed by atoms with van der Waals surface area (Å²) in [5.74, 6) is -1.07. The van der Waals surface area contributed by atoms with Crippen LogP contribution in [-0.2, 0) is 19.1 Å². The van der Waals surface area contributed by atoms with Crippen molar-refractivity contribution in [2.45, 2.75) is 12.5 Å². The molecular weight excluding hydrogens is 222 g/mol. The molecule has 15 heavy (non-hydrogen) atoms. The summed E-state index contributed by atoms with van der Waals surface area (Å²) in [6.07, 6.45) is -0.224. The first-order chi connectivity index (χ1) is 6.49. The molecule has 0 heterocycles. The van der Waals surface area contributed by atoms with E-state index in [0.717, 1.165) is 6.26 Å². The number of carboxylic acids is 1. The Hall–Kier alpha value is -0.660. The van der Waals surface area contributed by atoms with Gasteiger partial charge in [-0.2, -0.15) is 8.42 Å². The van der Waals surface area contributed by atoms with Crippen LogP contribution in [0.2, 0.25) is 0 Å². The molecule has 0 aliphatic carbocycles. The molecule has 0 fully saturated rings. The van der Waals surface area contributed by atoms with Gasteiger partial charge in [0.2, 0.25) is 0 Å². The number of carbonyl (C=O) groups is 1. The Morgan fingerprint density at radius 1 is 1.40 bits per heavy atom. The lowest BCUT2D eigenvalue weighted by Gasteiger charge is -2.27. The van der Waals surface area contributed by atoms with Crippen molar-refractivity contribution in [3.63, 3.8) is 0 Å². The van der Waals surface area contributed by atoms with E-state index in [2.05, 4.69) is 0 Å². The molecule has 0 radical (unpaired) electrons. The van der Waals surface area contributed by atoms with Crippen LogP contribution in [0.5, 0.6) is 0 Å². The van der Waals surface area contributed by atoms with E-state index in [0.29, 0.717) is 11.0 Å². The quantitative estimate of drug-likeness (QED) is 0.500. The van der Waals surface area contributed by atoms with Crippen molar-refractivity contribution in [2.24, 2.45) is 0 Å². The Morgan fingerprint density at radius 2 is 1.87 bits per heavy atom. The van der Waals surface area contributed by atoms with E-state index in [9.17, 15) is 13.2 Å². The van der Waals surface area contributed by atoms with Gasteiger partial charge in [0, 0.05) is 0 Å².